The molecule has 0 atom stereocenters. The van der Waals surface area contributed by atoms with Gasteiger partial charge in [0.25, 0.3) is 0 Å². The molecule has 0 aliphatic carbocycles. The number of hydrogen-bond acceptors (Lipinski definition) is 3. The van der Waals surface area contributed by atoms with Crippen LogP contribution in [0.1, 0.15) is 0 Å². The molecule has 0 fully saturated rings. The maximum atomic E-state index is 6.79. The van der Waals surface area contributed by atoms with Gasteiger partial charge < -0.3 is 13.4 Å². The summed E-state index contributed by atoms with van der Waals surface area (Å²) in [6, 6.07) is 91.9. The van der Waals surface area contributed by atoms with Crippen molar-refractivity contribution in [2.75, 3.05) is 0 Å². The Kier molecular flexibility index (Phi) is 8.85. The number of nitrogens with zero attached hydrogens (tertiary/aromatic N) is 1. The fraction of sp³-hybridized carbons (Fsp3) is 0. The van der Waals surface area contributed by atoms with Crippen molar-refractivity contribution in [1.82, 2.24) is 4.57 Å². The minimum Gasteiger partial charge on any atom is -0.456 e. The first-order valence-corrected chi connectivity index (χ1v) is 27.0. The van der Waals surface area contributed by atoms with Crippen molar-refractivity contribution in [1.29, 1.82) is 0 Å². The number of fused-ring (bicyclic) bond motifs is 12. The highest BCUT2D eigenvalue weighted by Crippen LogP contribution is 2.45. The van der Waals surface area contributed by atoms with Crippen LogP contribution in [-0.2, 0) is 0 Å². The van der Waals surface area contributed by atoms with E-state index in [1.165, 1.54) is 62.7 Å². The van der Waals surface area contributed by atoms with E-state index >= 15 is 0 Å². The second kappa shape index (κ2) is 15.6. The van der Waals surface area contributed by atoms with Crippen LogP contribution in [0, 0.1) is 0 Å². The van der Waals surface area contributed by atoms with Gasteiger partial charge in [-0.05, 0) is 80.4 Å². The zero-order chi connectivity index (χ0) is 46.6. The Labute approximate surface area is 413 Å². The van der Waals surface area contributed by atoms with Crippen LogP contribution in [0.15, 0.2) is 258 Å². The van der Waals surface area contributed by atoms with Crippen molar-refractivity contribution >= 4 is 126 Å². The number of benzene rings is 11. The summed E-state index contributed by atoms with van der Waals surface area (Å²) in [5.41, 5.74) is 11.6. The Morgan fingerprint density at radius 1 is 0.296 bits per heavy atom. The third kappa shape index (κ3) is 6.01. The van der Waals surface area contributed by atoms with E-state index in [1.54, 1.807) is 0 Å². The van der Waals surface area contributed by atoms with Crippen molar-refractivity contribution in [3.8, 4) is 27.9 Å². The largest absolute Gasteiger partial charge is 0.456 e. The molecule has 0 amide bonds. The molecule has 0 N–H and O–H groups in total. The number of rotatable bonds is 7. The minimum atomic E-state index is -3.36. The highest BCUT2D eigenvalue weighted by molar-refractivity contribution is 7.26. The standard InChI is InChI=1S/C66H41NO2SSi/c1-4-18-42(19-5-1)54-36-47(37-55(43-20-6-2-7-21-43)66(54)67-58-28-14-10-24-48(58)56-41-65-57(40-59(56)67)53-27-13-17-31-64(53)70-65)71(44-22-8-3-9-23-44,45-32-34-51-49-25-11-15-29-60(49)68-62(51)38-45)46-33-35-52-50-26-12-16-30-61(50)69-63(52)39-46/h1-41H. The molecule has 4 aromatic heterocycles. The molecule has 15 rings (SSSR count). The van der Waals surface area contributed by atoms with Gasteiger partial charge in [-0.1, -0.05) is 200 Å². The van der Waals surface area contributed by atoms with E-state index in [2.05, 4.69) is 253 Å². The van der Waals surface area contributed by atoms with Gasteiger partial charge in [0, 0.05) is 63.6 Å². The molecule has 71 heavy (non-hydrogen) atoms. The van der Waals surface area contributed by atoms with Crippen LogP contribution >= 0.6 is 11.3 Å². The lowest BCUT2D eigenvalue weighted by atomic mass is 9.95. The van der Waals surface area contributed by atoms with Gasteiger partial charge in [0.15, 0.2) is 8.07 Å². The van der Waals surface area contributed by atoms with Crippen molar-refractivity contribution in [3.05, 3.63) is 249 Å². The van der Waals surface area contributed by atoms with Gasteiger partial charge in [-0.15, -0.1) is 11.3 Å². The Balaban J connectivity index is 1.13. The molecule has 0 unspecified atom stereocenters. The van der Waals surface area contributed by atoms with Crippen LogP contribution in [0.2, 0.25) is 0 Å². The molecule has 332 valence electrons. The third-order valence-electron chi connectivity index (χ3n) is 14.9. The average molecular weight is 940 g/mol. The van der Waals surface area contributed by atoms with Gasteiger partial charge in [-0.3, -0.25) is 0 Å². The molecule has 11 aromatic carbocycles. The smallest absolute Gasteiger partial charge is 0.179 e. The van der Waals surface area contributed by atoms with E-state index in [-0.39, 0.29) is 0 Å². The van der Waals surface area contributed by atoms with Gasteiger partial charge in [0.05, 0.1) is 16.7 Å². The van der Waals surface area contributed by atoms with Gasteiger partial charge in [0.2, 0.25) is 0 Å². The summed E-state index contributed by atoms with van der Waals surface area (Å²) in [4.78, 5) is 0. The highest BCUT2D eigenvalue weighted by Gasteiger charge is 2.43. The van der Waals surface area contributed by atoms with Crippen LogP contribution in [0.3, 0.4) is 0 Å². The lowest BCUT2D eigenvalue weighted by Gasteiger charge is -2.36. The average Bonchev–Trinajstić information content (AvgIpc) is 4.19. The van der Waals surface area contributed by atoms with Crippen LogP contribution < -0.4 is 20.7 Å². The summed E-state index contributed by atoms with van der Waals surface area (Å²) in [6.45, 7) is 0. The number of aromatic nitrogens is 1. The minimum absolute atomic E-state index is 0.877. The second-order valence-electron chi connectivity index (χ2n) is 18.7. The molecule has 0 spiro atoms. The summed E-state index contributed by atoms with van der Waals surface area (Å²) >= 11 is 1.87. The Hall–Kier alpha value is -8.74. The molecule has 0 aliphatic heterocycles. The normalized spacial score (nSPS) is 12.2. The molecule has 0 saturated carbocycles. The Morgan fingerprint density at radius 3 is 1.39 bits per heavy atom. The molecule has 5 heteroatoms. The van der Waals surface area contributed by atoms with Crippen molar-refractivity contribution in [2.45, 2.75) is 0 Å². The summed E-state index contributed by atoms with van der Waals surface area (Å²) in [6.07, 6.45) is 0. The van der Waals surface area contributed by atoms with Gasteiger partial charge in [-0.2, -0.15) is 0 Å². The van der Waals surface area contributed by atoms with E-state index < -0.39 is 8.07 Å². The SMILES string of the molecule is c1ccc(-c2cc([Si](c3ccccc3)(c3ccc4c(c3)oc3ccccc34)c3ccc4c(c3)oc3ccccc34)cc(-c3ccccc3)c2-n2c3ccccc3c3cc4sc5ccccc5c4cc32)cc1. The first-order chi connectivity index (χ1) is 35.2. The molecule has 0 aliphatic rings. The van der Waals surface area contributed by atoms with Gasteiger partial charge >= 0.3 is 0 Å². The summed E-state index contributed by atoms with van der Waals surface area (Å²) < 4.78 is 18.8. The maximum absolute atomic E-state index is 6.79. The molecular weight excluding hydrogens is 899 g/mol. The van der Waals surface area contributed by atoms with Crippen molar-refractivity contribution in [2.24, 2.45) is 0 Å². The summed E-state index contributed by atoms with van der Waals surface area (Å²) in [5.74, 6) is 0. The third-order valence-corrected chi connectivity index (χ3v) is 20.8. The fourth-order valence-corrected chi connectivity index (χ4v) is 17.7. The van der Waals surface area contributed by atoms with Crippen LogP contribution in [-0.4, -0.2) is 12.6 Å². The predicted molar refractivity (Wildman–Crippen MR) is 303 cm³/mol. The second-order valence-corrected chi connectivity index (χ2v) is 23.6. The number of hydrogen-bond donors (Lipinski definition) is 0. The first-order valence-electron chi connectivity index (χ1n) is 24.2. The fourth-order valence-electron chi connectivity index (χ4n) is 11.8. The van der Waals surface area contributed by atoms with Crippen LogP contribution in [0.4, 0.5) is 0 Å². The van der Waals surface area contributed by atoms with Gasteiger partial charge in [0.1, 0.15) is 22.3 Å². The Bertz CT molecular complexity index is 4410. The predicted octanol–water partition coefficient (Wildman–Crippen LogP) is 15.7. The zero-order valence-corrected chi connectivity index (χ0v) is 40.2. The lowest BCUT2D eigenvalue weighted by Crippen LogP contribution is -2.74. The summed E-state index contributed by atoms with van der Waals surface area (Å²) in [7, 11) is -3.36. The number of thiophene rings is 1. The molecule has 4 heterocycles. The first kappa shape index (κ1) is 40.2. The quantitative estimate of drug-likeness (QED) is 0.118. The molecule has 15 aromatic rings. The Morgan fingerprint density at radius 2 is 0.789 bits per heavy atom. The van der Waals surface area contributed by atoms with Crippen LogP contribution in [0.5, 0.6) is 0 Å². The molecule has 0 saturated heterocycles. The zero-order valence-electron chi connectivity index (χ0n) is 38.3. The molecule has 0 bridgehead atoms. The highest BCUT2D eigenvalue weighted by atomic mass is 32.1. The van der Waals surface area contributed by atoms with Gasteiger partial charge in [-0.25, -0.2) is 0 Å². The van der Waals surface area contributed by atoms with Crippen LogP contribution in [0.25, 0.3) is 114 Å². The molecule has 3 nitrogen and oxygen atoms in total. The lowest BCUT2D eigenvalue weighted by molar-refractivity contribution is 0.669. The van der Waals surface area contributed by atoms with Crippen molar-refractivity contribution in [3.63, 3.8) is 0 Å². The van der Waals surface area contributed by atoms with E-state index in [4.69, 9.17) is 8.83 Å². The maximum Gasteiger partial charge on any atom is 0.179 e. The summed E-state index contributed by atoms with van der Waals surface area (Å²) in [5, 5.41) is 14.5. The topological polar surface area (TPSA) is 31.2 Å². The van der Waals surface area contributed by atoms with E-state index in [0.717, 1.165) is 71.8 Å². The number of furan rings is 2. The van der Waals surface area contributed by atoms with E-state index in [0.29, 0.717) is 0 Å². The van der Waals surface area contributed by atoms with E-state index in [9.17, 15) is 0 Å². The monoisotopic (exact) mass is 939 g/mol. The molecule has 0 radical (unpaired) electrons. The number of para-hydroxylation sites is 3. The van der Waals surface area contributed by atoms with Crippen molar-refractivity contribution < 1.29 is 8.83 Å². The van der Waals surface area contributed by atoms with E-state index in [1.807, 2.05) is 11.3 Å². The molecular formula is C66H41NO2SSi.